The van der Waals surface area contributed by atoms with Crippen LogP contribution in [0.25, 0.3) is 0 Å². The highest BCUT2D eigenvalue weighted by atomic mass is 16.4. The van der Waals surface area contributed by atoms with E-state index in [2.05, 4.69) is 16.0 Å². The van der Waals surface area contributed by atoms with Crippen LogP contribution in [0.15, 0.2) is 0 Å². The smallest absolute Gasteiger partial charge is 0.326 e. The molecule has 0 fully saturated rings. The van der Waals surface area contributed by atoms with Crippen molar-refractivity contribution in [3.8, 4) is 0 Å². The number of carboxylic acids is 1. The first-order chi connectivity index (χ1) is 13.4. The van der Waals surface area contributed by atoms with Crippen LogP contribution in [0.2, 0.25) is 0 Å². The highest BCUT2D eigenvalue weighted by Crippen LogP contribution is 2.09. The first kappa shape index (κ1) is 26.3. The fourth-order valence-corrected chi connectivity index (χ4v) is 2.26. The maximum absolute atomic E-state index is 12.6. The molecule has 4 amide bonds. The monoisotopic (exact) mass is 417 g/mol. The van der Waals surface area contributed by atoms with Gasteiger partial charge in [-0.25, -0.2) is 4.79 Å². The van der Waals surface area contributed by atoms with E-state index in [0.717, 1.165) is 0 Å². The summed E-state index contributed by atoms with van der Waals surface area (Å²) in [5.74, 6) is -4.69. The number of nitrogens with one attached hydrogen (secondary N) is 3. The molecule has 12 heteroatoms. The normalized spacial score (nSPS) is 15.9. The Morgan fingerprint density at radius 3 is 1.90 bits per heavy atom. The predicted molar refractivity (Wildman–Crippen MR) is 102 cm³/mol. The van der Waals surface area contributed by atoms with Crippen molar-refractivity contribution in [2.45, 2.75) is 64.2 Å². The summed E-state index contributed by atoms with van der Waals surface area (Å²) in [4.78, 5) is 58.8. The molecule has 0 aromatic rings. The molecule has 29 heavy (non-hydrogen) atoms. The van der Waals surface area contributed by atoms with Gasteiger partial charge in [-0.1, -0.05) is 20.3 Å². The number of hydrogen-bond donors (Lipinski definition) is 7. The van der Waals surface area contributed by atoms with Gasteiger partial charge in [-0.05, 0) is 19.3 Å². The lowest BCUT2D eigenvalue weighted by Crippen LogP contribution is -2.59. The Morgan fingerprint density at radius 2 is 1.48 bits per heavy atom. The number of aliphatic hydroxyl groups excluding tert-OH is 1. The minimum Gasteiger partial charge on any atom is -0.480 e. The number of hydrogen-bond acceptors (Lipinski definition) is 7. The minimum absolute atomic E-state index is 0.248. The number of carbonyl (C=O) groups is 5. The zero-order valence-corrected chi connectivity index (χ0v) is 16.8. The number of primary amides is 1. The Labute approximate surface area is 168 Å². The summed E-state index contributed by atoms with van der Waals surface area (Å²) in [6.45, 7) is 4.15. The van der Waals surface area contributed by atoms with E-state index in [1.165, 1.54) is 6.92 Å². The van der Waals surface area contributed by atoms with Gasteiger partial charge >= 0.3 is 5.97 Å². The average Bonchev–Trinajstić information content (AvgIpc) is 2.65. The van der Waals surface area contributed by atoms with Crippen LogP contribution < -0.4 is 27.4 Å². The number of nitrogens with two attached hydrogens (primary N) is 2. The van der Waals surface area contributed by atoms with Crippen LogP contribution in [0, 0.1) is 5.92 Å². The molecule has 0 saturated carbocycles. The Kier molecular flexibility index (Phi) is 11.5. The number of rotatable bonds is 13. The second-order valence-corrected chi connectivity index (χ2v) is 6.81. The maximum atomic E-state index is 12.6. The van der Waals surface area contributed by atoms with Gasteiger partial charge in [0.1, 0.15) is 18.1 Å². The van der Waals surface area contributed by atoms with E-state index in [4.69, 9.17) is 16.6 Å². The SMILES string of the molecule is CCC(C)C(NC(=O)C(C)N)C(=O)NC(CO)C(=O)NC(CCC(N)=O)C(=O)O. The fraction of sp³-hybridized carbons (Fsp3) is 0.706. The van der Waals surface area contributed by atoms with Crippen LogP contribution in [0.4, 0.5) is 0 Å². The third-order valence-electron chi connectivity index (χ3n) is 4.32. The summed E-state index contributed by atoms with van der Waals surface area (Å²) in [7, 11) is 0. The molecule has 0 aliphatic rings. The molecule has 0 aromatic carbocycles. The molecule has 0 bridgehead atoms. The van der Waals surface area contributed by atoms with Crippen LogP contribution >= 0.6 is 0 Å². The quantitative estimate of drug-likeness (QED) is 0.165. The van der Waals surface area contributed by atoms with Gasteiger partial charge in [0.25, 0.3) is 0 Å². The third-order valence-corrected chi connectivity index (χ3v) is 4.32. The summed E-state index contributed by atoms with van der Waals surface area (Å²) < 4.78 is 0. The lowest BCUT2D eigenvalue weighted by atomic mass is 9.97. The number of carbonyl (C=O) groups excluding carboxylic acids is 4. The topological polar surface area (TPSA) is 214 Å². The van der Waals surface area contributed by atoms with Crippen LogP contribution in [0.1, 0.15) is 40.0 Å². The summed E-state index contributed by atoms with van der Waals surface area (Å²) >= 11 is 0. The van der Waals surface area contributed by atoms with Crippen LogP contribution in [0.5, 0.6) is 0 Å². The lowest BCUT2D eigenvalue weighted by molar-refractivity contribution is -0.143. The molecular weight excluding hydrogens is 386 g/mol. The van der Waals surface area contributed by atoms with Crippen molar-refractivity contribution >= 4 is 29.6 Å². The maximum Gasteiger partial charge on any atom is 0.326 e. The number of aliphatic carboxylic acids is 1. The van der Waals surface area contributed by atoms with Gasteiger partial charge in [0.15, 0.2) is 0 Å². The van der Waals surface area contributed by atoms with Gasteiger partial charge in [-0.15, -0.1) is 0 Å². The molecule has 5 unspecified atom stereocenters. The zero-order chi connectivity index (χ0) is 22.7. The molecule has 0 heterocycles. The summed E-state index contributed by atoms with van der Waals surface area (Å²) in [5.41, 5.74) is 10.5. The van der Waals surface area contributed by atoms with E-state index in [9.17, 15) is 29.1 Å². The van der Waals surface area contributed by atoms with Crippen LogP contribution in [-0.4, -0.2) is 70.6 Å². The van der Waals surface area contributed by atoms with Gasteiger partial charge in [-0.3, -0.25) is 19.2 Å². The molecule has 0 aliphatic heterocycles. The number of aliphatic hydroxyl groups is 1. The Hall–Kier alpha value is -2.73. The largest absolute Gasteiger partial charge is 0.480 e. The second-order valence-electron chi connectivity index (χ2n) is 6.81. The molecule has 166 valence electrons. The van der Waals surface area contributed by atoms with E-state index in [0.29, 0.717) is 6.42 Å². The Balaban J connectivity index is 5.19. The van der Waals surface area contributed by atoms with E-state index in [-0.39, 0.29) is 18.8 Å². The summed E-state index contributed by atoms with van der Waals surface area (Å²) in [6.07, 6.45) is 0.0107. The van der Waals surface area contributed by atoms with Gasteiger partial charge in [0.2, 0.25) is 23.6 Å². The van der Waals surface area contributed by atoms with Crippen molar-refractivity contribution < 1.29 is 34.2 Å². The number of amides is 4. The zero-order valence-electron chi connectivity index (χ0n) is 16.8. The van der Waals surface area contributed by atoms with Crippen molar-refractivity contribution in [2.24, 2.45) is 17.4 Å². The molecular formula is C17H31N5O7. The van der Waals surface area contributed by atoms with Crippen LogP contribution in [-0.2, 0) is 24.0 Å². The number of carboxylic acid groups (broad SMARTS) is 1. The van der Waals surface area contributed by atoms with Crippen LogP contribution in [0.3, 0.4) is 0 Å². The predicted octanol–water partition coefficient (Wildman–Crippen LogP) is -2.82. The van der Waals surface area contributed by atoms with Gasteiger partial charge in [0.05, 0.1) is 12.6 Å². The highest BCUT2D eigenvalue weighted by molar-refractivity contribution is 5.94. The van der Waals surface area contributed by atoms with Crippen molar-refractivity contribution in [3.05, 3.63) is 0 Å². The second kappa shape index (κ2) is 12.7. The molecule has 9 N–H and O–H groups in total. The van der Waals surface area contributed by atoms with E-state index < -0.39 is 60.4 Å². The van der Waals surface area contributed by atoms with E-state index >= 15 is 0 Å². The summed E-state index contributed by atoms with van der Waals surface area (Å²) in [6, 6.07) is -4.75. The van der Waals surface area contributed by atoms with E-state index in [1.54, 1.807) is 13.8 Å². The van der Waals surface area contributed by atoms with Crippen molar-refractivity contribution in [1.82, 2.24) is 16.0 Å². The van der Waals surface area contributed by atoms with Crippen molar-refractivity contribution in [2.75, 3.05) is 6.61 Å². The first-order valence-corrected chi connectivity index (χ1v) is 9.23. The Morgan fingerprint density at radius 1 is 0.931 bits per heavy atom. The van der Waals surface area contributed by atoms with Gasteiger partial charge < -0.3 is 37.6 Å². The molecule has 0 rings (SSSR count). The molecule has 5 atom stereocenters. The molecule has 0 aliphatic carbocycles. The first-order valence-electron chi connectivity index (χ1n) is 9.23. The minimum atomic E-state index is -1.46. The van der Waals surface area contributed by atoms with Gasteiger partial charge in [0, 0.05) is 6.42 Å². The molecule has 0 saturated heterocycles. The molecule has 12 nitrogen and oxygen atoms in total. The lowest BCUT2D eigenvalue weighted by Gasteiger charge is -2.27. The Bertz CT molecular complexity index is 611. The standard InChI is InChI=1S/C17H31N5O7/c1-4-8(2)13(22-14(25)9(3)18)16(27)21-11(7-23)15(26)20-10(17(28)29)5-6-12(19)24/h8-11,13,23H,4-7,18H2,1-3H3,(H2,19,24)(H,20,26)(H,21,27)(H,22,25)(H,28,29). The molecule has 0 spiro atoms. The van der Waals surface area contributed by atoms with Crippen molar-refractivity contribution in [1.29, 1.82) is 0 Å². The molecule has 0 radical (unpaired) electrons. The highest BCUT2D eigenvalue weighted by Gasteiger charge is 2.31. The van der Waals surface area contributed by atoms with E-state index in [1.807, 2.05) is 0 Å². The fourth-order valence-electron chi connectivity index (χ4n) is 2.26. The van der Waals surface area contributed by atoms with Gasteiger partial charge in [-0.2, -0.15) is 0 Å². The van der Waals surface area contributed by atoms with Crippen molar-refractivity contribution in [3.63, 3.8) is 0 Å². The summed E-state index contributed by atoms with van der Waals surface area (Å²) in [5, 5.41) is 25.5. The average molecular weight is 417 g/mol. The molecule has 0 aromatic heterocycles. The third kappa shape index (κ3) is 9.34.